The Bertz CT molecular complexity index is 996. The predicted molar refractivity (Wildman–Crippen MR) is 89.2 cm³/mol. The maximum absolute atomic E-state index is 7.52. The first kappa shape index (κ1) is 10.2. The maximum Gasteiger partial charge on any atom is 0.398 e. The zero-order chi connectivity index (χ0) is 17.8. The Morgan fingerprint density at radius 1 is 1.32 bits per heavy atom. The second-order valence-corrected chi connectivity index (χ2v) is 5.52. The van der Waals surface area contributed by atoms with E-state index in [0.717, 1.165) is 16.5 Å². The summed E-state index contributed by atoms with van der Waals surface area (Å²) in [7, 11) is 3.97. The molecule has 1 aliphatic heterocycles. The predicted octanol–water partition coefficient (Wildman–Crippen LogP) is 1.86. The van der Waals surface area contributed by atoms with Crippen molar-refractivity contribution in [3.8, 4) is 0 Å². The van der Waals surface area contributed by atoms with Crippen molar-refractivity contribution in [2.75, 3.05) is 11.9 Å². The minimum Gasteiger partial charge on any atom is -0.423 e. The summed E-state index contributed by atoms with van der Waals surface area (Å²) < 4.78 is 30.6. The average molecular weight is 293 g/mol. The van der Waals surface area contributed by atoms with Crippen molar-refractivity contribution in [1.82, 2.24) is 4.98 Å². The summed E-state index contributed by atoms with van der Waals surface area (Å²) in [5.74, 6) is 2.81. The van der Waals surface area contributed by atoms with Crippen molar-refractivity contribution in [1.29, 1.82) is 0 Å². The zero-order valence-corrected chi connectivity index (χ0v) is 12.4. The molecular formula is C17H17BN3O+. The van der Waals surface area contributed by atoms with Crippen LogP contribution in [0.4, 0.5) is 5.88 Å². The number of nitrogens with zero attached hydrogens (tertiary/aromatic N) is 3. The number of hydrogen-bond acceptors (Lipinski definition) is 3. The molecule has 0 saturated heterocycles. The van der Waals surface area contributed by atoms with Crippen LogP contribution in [0.1, 0.15) is 15.4 Å². The molecule has 0 saturated carbocycles. The first-order chi connectivity index (χ1) is 11.9. The molecular weight excluding hydrogens is 273 g/mol. The van der Waals surface area contributed by atoms with Crippen molar-refractivity contribution in [2.24, 2.45) is 7.05 Å². The van der Waals surface area contributed by atoms with Crippen LogP contribution < -0.4 is 15.0 Å². The third-order valence-electron chi connectivity index (χ3n) is 4.16. The van der Waals surface area contributed by atoms with Gasteiger partial charge in [0.1, 0.15) is 7.05 Å². The number of fused-ring (bicyclic) bond motifs is 3. The van der Waals surface area contributed by atoms with Crippen LogP contribution in [0.15, 0.2) is 46.9 Å². The fourth-order valence-corrected chi connectivity index (χ4v) is 2.99. The van der Waals surface area contributed by atoms with Crippen LogP contribution in [0.2, 0.25) is 0 Å². The monoisotopic (exact) mass is 293 g/mol. The van der Waals surface area contributed by atoms with Crippen LogP contribution in [-0.2, 0) is 7.05 Å². The highest BCUT2D eigenvalue weighted by Gasteiger charge is 2.34. The van der Waals surface area contributed by atoms with E-state index in [-0.39, 0.29) is 12.5 Å². The van der Waals surface area contributed by atoms with Gasteiger partial charge in [-0.25, -0.2) is 9.55 Å². The molecule has 4 nitrogen and oxygen atoms in total. The van der Waals surface area contributed by atoms with Crippen LogP contribution >= 0.6 is 0 Å². The Labute approximate surface area is 134 Å². The molecule has 108 valence electrons. The van der Waals surface area contributed by atoms with E-state index in [0.29, 0.717) is 11.6 Å². The van der Waals surface area contributed by atoms with Gasteiger partial charge < -0.3 is 9.23 Å². The molecule has 1 aliphatic rings. The van der Waals surface area contributed by atoms with E-state index in [1.54, 1.807) is 12.1 Å². The Morgan fingerprint density at radius 2 is 2.23 bits per heavy atom. The van der Waals surface area contributed by atoms with Crippen LogP contribution in [0.5, 0.6) is 0 Å². The van der Waals surface area contributed by atoms with Gasteiger partial charge in [-0.15, -0.1) is 0 Å². The van der Waals surface area contributed by atoms with Gasteiger partial charge in [-0.2, -0.15) is 0 Å². The Morgan fingerprint density at radius 3 is 3.05 bits per heavy atom. The third-order valence-corrected chi connectivity index (χ3v) is 4.16. The minimum absolute atomic E-state index is 0.0290. The number of hydrogen-bond donors (Lipinski definition) is 0. The fraction of sp³-hybridized carbons (Fsp3) is 0.176. The van der Waals surface area contributed by atoms with Crippen LogP contribution in [0.25, 0.3) is 17.2 Å². The maximum atomic E-state index is 7.52. The number of rotatable bonds is 1. The largest absolute Gasteiger partial charge is 0.423 e. The van der Waals surface area contributed by atoms with E-state index >= 15 is 0 Å². The SMILES string of the molecule is [2H]C([2H])([2H])c1ccc2c3c(oc2n1)N(C)B(c1cccc[n+]1C)C=C3. The molecule has 3 aromatic heterocycles. The average Bonchev–Trinajstić information content (AvgIpc) is 2.94. The second kappa shape index (κ2) is 4.73. The molecule has 0 amide bonds. The topological polar surface area (TPSA) is 33.2 Å². The van der Waals surface area contributed by atoms with E-state index in [1.807, 2.05) is 43.3 Å². The molecule has 5 heteroatoms. The third kappa shape index (κ3) is 1.85. The normalized spacial score (nSPS) is 16.4. The molecule has 4 heterocycles. The molecule has 0 aliphatic carbocycles. The van der Waals surface area contributed by atoms with Gasteiger partial charge in [-0.3, -0.25) is 0 Å². The highest BCUT2D eigenvalue weighted by Crippen LogP contribution is 2.35. The van der Waals surface area contributed by atoms with Gasteiger partial charge in [0, 0.05) is 26.8 Å². The summed E-state index contributed by atoms with van der Waals surface area (Å²) in [5, 5.41) is 0.821. The molecule has 0 atom stereocenters. The van der Waals surface area contributed by atoms with Gasteiger partial charge in [0.05, 0.1) is 0 Å². The van der Waals surface area contributed by atoms with Gasteiger partial charge in [0.2, 0.25) is 5.71 Å². The molecule has 22 heavy (non-hydrogen) atoms. The molecule has 0 N–H and O–H groups in total. The molecule has 0 spiro atoms. The standard InChI is InChI=1S/C17H17BN3O/c1-12-7-8-13-14-9-10-18(15-6-4-5-11-20(15)2)21(3)17(14)22-16(13)19-12/h4-11H,1-3H3/q+1/i1D3. The lowest BCUT2D eigenvalue weighted by molar-refractivity contribution is -0.654. The van der Waals surface area contributed by atoms with Gasteiger partial charge in [0.15, 0.2) is 17.7 Å². The van der Waals surface area contributed by atoms with Crippen molar-refractivity contribution >= 4 is 35.5 Å². The van der Waals surface area contributed by atoms with Crippen LogP contribution in [-0.4, -0.2) is 18.9 Å². The summed E-state index contributed by atoms with van der Waals surface area (Å²) in [6.45, 7) is -2.22. The Hall–Kier alpha value is -2.56. The number of pyridine rings is 2. The summed E-state index contributed by atoms with van der Waals surface area (Å²) >= 11 is 0. The van der Waals surface area contributed by atoms with Crippen molar-refractivity contribution in [2.45, 2.75) is 6.85 Å². The Balaban J connectivity index is 1.82. The Kier molecular flexibility index (Phi) is 2.20. The smallest absolute Gasteiger partial charge is 0.398 e. The second-order valence-electron chi connectivity index (χ2n) is 5.52. The molecule has 3 aromatic rings. The van der Waals surface area contributed by atoms with Gasteiger partial charge in [0.25, 0.3) is 0 Å². The minimum atomic E-state index is -2.25. The lowest BCUT2D eigenvalue weighted by atomic mass is 9.55. The summed E-state index contributed by atoms with van der Waals surface area (Å²) in [6.07, 6.45) is 4.03. The molecule has 0 unspecified atom stereocenters. The molecule has 0 fully saturated rings. The highest BCUT2D eigenvalue weighted by molar-refractivity contribution is 6.80. The van der Waals surface area contributed by atoms with E-state index in [1.165, 1.54) is 0 Å². The number of aromatic nitrogens is 2. The lowest BCUT2D eigenvalue weighted by Gasteiger charge is -2.24. The number of furan rings is 1. The summed E-state index contributed by atoms with van der Waals surface area (Å²) in [4.78, 5) is 6.25. The molecule has 0 aromatic carbocycles. The quantitative estimate of drug-likeness (QED) is 0.507. The van der Waals surface area contributed by atoms with Gasteiger partial charge in [-0.1, -0.05) is 18.1 Å². The van der Waals surface area contributed by atoms with E-state index in [2.05, 4.69) is 21.6 Å². The van der Waals surface area contributed by atoms with E-state index in [9.17, 15) is 0 Å². The van der Waals surface area contributed by atoms with Crippen molar-refractivity contribution in [3.05, 3.63) is 53.8 Å². The number of aryl methyl sites for hydroxylation is 2. The first-order valence-corrected chi connectivity index (χ1v) is 7.16. The zero-order valence-electron chi connectivity index (χ0n) is 15.4. The first-order valence-electron chi connectivity index (χ1n) is 8.66. The molecule has 0 radical (unpaired) electrons. The lowest BCUT2D eigenvalue weighted by Crippen LogP contribution is -2.60. The summed E-state index contributed by atoms with van der Waals surface area (Å²) in [6, 6.07) is 9.39. The van der Waals surface area contributed by atoms with Crippen molar-refractivity contribution in [3.63, 3.8) is 0 Å². The van der Waals surface area contributed by atoms with Crippen molar-refractivity contribution < 1.29 is 13.1 Å². The molecule has 4 rings (SSSR count). The van der Waals surface area contributed by atoms with Gasteiger partial charge >= 0.3 is 6.85 Å². The fourth-order valence-electron chi connectivity index (χ4n) is 2.99. The van der Waals surface area contributed by atoms with E-state index < -0.39 is 6.85 Å². The number of anilines is 1. The molecule has 0 bridgehead atoms. The van der Waals surface area contributed by atoms with Crippen LogP contribution in [0, 0.1) is 6.85 Å². The summed E-state index contributed by atoms with van der Waals surface area (Å²) in [5.41, 5.74) is 2.46. The highest BCUT2D eigenvalue weighted by atomic mass is 16.4. The van der Waals surface area contributed by atoms with Gasteiger partial charge in [-0.05, 0) is 32.1 Å². The van der Waals surface area contributed by atoms with E-state index in [4.69, 9.17) is 8.53 Å². The van der Waals surface area contributed by atoms with Crippen LogP contribution in [0.3, 0.4) is 0 Å².